The van der Waals surface area contributed by atoms with Crippen LogP contribution in [0, 0.1) is 5.92 Å². The van der Waals surface area contributed by atoms with E-state index in [1.54, 1.807) is 24.3 Å². The lowest BCUT2D eigenvalue weighted by Gasteiger charge is -2.31. The molecule has 3 aromatic rings. The molecule has 1 aliphatic rings. The summed E-state index contributed by atoms with van der Waals surface area (Å²) in [7, 11) is -1.17. The van der Waals surface area contributed by atoms with Crippen LogP contribution in [0.5, 0.6) is 5.75 Å². The van der Waals surface area contributed by atoms with Crippen molar-refractivity contribution in [2.75, 3.05) is 27.2 Å². The summed E-state index contributed by atoms with van der Waals surface area (Å²) in [5.74, 6) is -0.323. The van der Waals surface area contributed by atoms with Gasteiger partial charge in [-0.25, -0.2) is 13.2 Å². The Morgan fingerprint density at radius 2 is 1.65 bits per heavy atom. The third kappa shape index (κ3) is 6.90. The number of sulfonamides is 1. The average molecular weight is 567 g/mol. The molecule has 0 amide bonds. The van der Waals surface area contributed by atoms with Crippen LogP contribution in [0.4, 0.5) is 0 Å². The Morgan fingerprint density at radius 1 is 1.05 bits per heavy atom. The van der Waals surface area contributed by atoms with Crippen molar-refractivity contribution in [3.63, 3.8) is 0 Å². The number of β-amino-alcohol motifs (C(OH)–C–C–N with tert-alkyl or cyclic N) is 1. The van der Waals surface area contributed by atoms with E-state index >= 15 is 0 Å². The van der Waals surface area contributed by atoms with Crippen LogP contribution in [0.15, 0.2) is 71.6 Å². The van der Waals surface area contributed by atoms with E-state index in [-0.39, 0.29) is 34.8 Å². The maximum absolute atomic E-state index is 13.6. The van der Waals surface area contributed by atoms with Crippen LogP contribution in [0.1, 0.15) is 41.8 Å². The zero-order valence-corrected chi connectivity index (χ0v) is 24.2. The molecule has 214 valence electrons. The van der Waals surface area contributed by atoms with Gasteiger partial charge in [-0.3, -0.25) is 0 Å². The molecule has 4 rings (SSSR count). The van der Waals surface area contributed by atoms with Gasteiger partial charge in [0.25, 0.3) is 0 Å². The molecule has 0 saturated carbocycles. The van der Waals surface area contributed by atoms with E-state index in [4.69, 9.17) is 9.84 Å². The van der Waals surface area contributed by atoms with Crippen LogP contribution >= 0.6 is 0 Å². The number of aliphatic hydroxyl groups excluding tert-OH is 1. The first-order chi connectivity index (χ1) is 18.9. The van der Waals surface area contributed by atoms with Crippen molar-refractivity contribution in [2.24, 2.45) is 5.92 Å². The van der Waals surface area contributed by atoms with Crippen LogP contribution in [0.2, 0.25) is 0 Å². The van der Waals surface area contributed by atoms with E-state index in [2.05, 4.69) is 43.4 Å². The second-order valence-electron chi connectivity index (χ2n) is 11.2. The van der Waals surface area contributed by atoms with Gasteiger partial charge in [0.15, 0.2) is 0 Å². The number of hydrogen-bond donors (Lipinski definition) is 3. The molecule has 0 saturated heterocycles. The van der Waals surface area contributed by atoms with E-state index in [1.165, 1.54) is 43.5 Å². The molecule has 8 nitrogen and oxygen atoms in total. The number of nitrogens with zero attached hydrogens (tertiary/aromatic N) is 1. The summed E-state index contributed by atoms with van der Waals surface area (Å²) in [6.07, 6.45) is 2.13. The minimum atomic E-state index is -4.01. The molecule has 0 aliphatic heterocycles. The molecule has 0 bridgehead atoms. The average Bonchev–Trinajstić information content (AvgIpc) is 3.33. The van der Waals surface area contributed by atoms with E-state index in [0.29, 0.717) is 17.0 Å². The maximum Gasteiger partial charge on any atom is 0.335 e. The van der Waals surface area contributed by atoms with Crippen LogP contribution in [-0.2, 0) is 22.9 Å². The second kappa shape index (κ2) is 12.1. The summed E-state index contributed by atoms with van der Waals surface area (Å²) >= 11 is 0. The van der Waals surface area contributed by atoms with Crippen molar-refractivity contribution >= 4 is 16.0 Å². The Balaban J connectivity index is 1.39. The van der Waals surface area contributed by atoms with Crippen LogP contribution in [0.3, 0.4) is 0 Å². The number of carboxylic acid groups (broad SMARTS) is 1. The first-order valence-electron chi connectivity index (χ1n) is 13.4. The number of hydrogen-bond acceptors (Lipinski definition) is 6. The van der Waals surface area contributed by atoms with Crippen LogP contribution < -0.4 is 10.1 Å². The quantitative estimate of drug-likeness (QED) is 0.301. The van der Waals surface area contributed by atoms with Crippen molar-refractivity contribution in [1.82, 2.24) is 9.62 Å². The molecule has 3 N–H and O–H groups in total. The number of ether oxygens (including phenoxy) is 1. The molecule has 1 aliphatic carbocycles. The fourth-order valence-corrected chi connectivity index (χ4v) is 6.86. The lowest BCUT2D eigenvalue weighted by Crippen LogP contribution is -2.47. The third-order valence-corrected chi connectivity index (χ3v) is 9.38. The fraction of sp³-hybridized carbons (Fsp3) is 0.387. The summed E-state index contributed by atoms with van der Waals surface area (Å²) in [5.41, 5.74) is 4.01. The van der Waals surface area contributed by atoms with Gasteiger partial charge in [-0.15, -0.1) is 0 Å². The Hall–Kier alpha value is -3.24. The number of aliphatic hydroxyl groups is 1. The number of fused-ring (bicyclic) bond motifs is 1. The van der Waals surface area contributed by atoms with Gasteiger partial charge < -0.3 is 20.3 Å². The summed E-state index contributed by atoms with van der Waals surface area (Å²) in [6, 6.07) is 19.5. The van der Waals surface area contributed by atoms with Crippen molar-refractivity contribution < 1.29 is 28.2 Å². The van der Waals surface area contributed by atoms with E-state index in [9.17, 15) is 18.3 Å². The lowest BCUT2D eigenvalue weighted by molar-refractivity contribution is 0.0697. The number of rotatable bonds is 12. The Morgan fingerprint density at radius 3 is 2.23 bits per heavy atom. The molecular weight excluding hydrogens is 528 g/mol. The van der Waals surface area contributed by atoms with Crippen molar-refractivity contribution in [1.29, 1.82) is 0 Å². The van der Waals surface area contributed by atoms with Crippen molar-refractivity contribution in [2.45, 2.75) is 49.6 Å². The van der Waals surface area contributed by atoms with Crippen molar-refractivity contribution in [3.05, 3.63) is 83.4 Å². The molecule has 0 heterocycles. The van der Waals surface area contributed by atoms with E-state index < -0.39 is 22.1 Å². The number of likely N-dealkylation sites (N-methyl/N-ethyl adjacent to an activating group) is 1. The number of carbonyl (C=O) groups is 1. The van der Waals surface area contributed by atoms with Crippen molar-refractivity contribution in [3.8, 4) is 16.9 Å². The highest BCUT2D eigenvalue weighted by atomic mass is 32.2. The molecule has 0 spiro atoms. The molecule has 40 heavy (non-hydrogen) atoms. The number of benzene rings is 3. The van der Waals surface area contributed by atoms with Gasteiger partial charge in [0.2, 0.25) is 10.0 Å². The topological polar surface area (TPSA) is 116 Å². The molecule has 3 aromatic carbocycles. The third-order valence-electron chi connectivity index (χ3n) is 7.54. The van der Waals surface area contributed by atoms with Gasteiger partial charge >= 0.3 is 5.97 Å². The highest BCUT2D eigenvalue weighted by molar-refractivity contribution is 7.89. The van der Waals surface area contributed by atoms with Gasteiger partial charge in [0.05, 0.1) is 18.8 Å². The van der Waals surface area contributed by atoms with E-state index in [1.807, 2.05) is 0 Å². The number of methoxy groups -OCH3 is 1. The summed E-state index contributed by atoms with van der Waals surface area (Å²) in [4.78, 5) is 11.1. The number of nitrogens with one attached hydrogen (secondary N) is 1. The Bertz CT molecular complexity index is 1430. The predicted molar refractivity (Wildman–Crippen MR) is 155 cm³/mol. The van der Waals surface area contributed by atoms with Gasteiger partial charge in [-0.2, -0.15) is 4.31 Å². The Labute approximate surface area is 236 Å². The normalized spacial score (nSPS) is 14.8. The zero-order valence-electron chi connectivity index (χ0n) is 23.4. The molecule has 0 aromatic heterocycles. The van der Waals surface area contributed by atoms with Gasteiger partial charge in [0, 0.05) is 25.7 Å². The lowest BCUT2D eigenvalue weighted by atomic mass is 9.88. The highest BCUT2D eigenvalue weighted by Crippen LogP contribution is 2.33. The summed E-state index contributed by atoms with van der Waals surface area (Å²) in [6.45, 7) is 4.38. The molecule has 0 radical (unpaired) electrons. The smallest absolute Gasteiger partial charge is 0.335 e. The molecule has 9 heteroatoms. The summed E-state index contributed by atoms with van der Waals surface area (Å²) in [5, 5.41) is 23.4. The first-order valence-corrected chi connectivity index (χ1v) is 14.8. The zero-order chi connectivity index (χ0) is 29.1. The highest BCUT2D eigenvalue weighted by Gasteiger charge is 2.30. The van der Waals surface area contributed by atoms with E-state index in [0.717, 1.165) is 23.6 Å². The minimum Gasteiger partial charge on any atom is -0.495 e. The fourth-order valence-electron chi connectivity index (χ4n) is 5.47. The Kier molecular flexibility index (Phi) is 8.99. The first kappa shape index (κ1) is 29.7. The molecule has 0 fully saturated rings. The predicted octanol–water partition coefficient (Wildman–Crippen LogP) is 4.22. The monoisotopic (exact) mass is 566 g/mol. The molecule has 0 unspecified atom stereocenters. The maximum atomic E-state index is 13.6. The SMILES string of the molecule is COc1ccc(-c2ccc(C(=O)O)cc2)cc1S(=O)(=O)N(C)C[C@H](O)CNC(C)(C)CC1Cc2ccccc2C1. The standard InChI is InChI=1S/C31H38N2O6S/c1-31(2,18-21-15-24-7-5-6-8-25(24)16-21)32-19-27(34)20-33(3)40(37,38)29-17-26(13-14-28(29)39-4)22-9-11-23(12-10-22)30(35)36/h5-14,17,21,27,32,34H,15-16,18-20H2,1-4H3,(H,35,36)/t27-/m1/s1. The molecule has 1 atom stereocenters. The van der Waals surface area contributed by atoms with Gasteiger partial charge in [-0.1, -0.05) is 42.5 Å². The second-order valence-corrected chi connectivity index (χ2v) is 13.2. The van der Waals surface area contributed by atoms with Gasteiger partial charge in [0.1, 0.15) is 10.6 Å². The minimum absolute atomic E-state index is 0.0291. The van der Waals surface area contributed by atoms with Crippen LogP contribution in [-0.4, -0.2) is 67.8 Å². The number of aromatic carboxylic acids is 1. The number of carboxylic acids is 1. The largest absolute Gasteiger partial charge is 0.495 e. The molecular formula is C31H38N2O6S. The van der Waals surface area contributed by atoms with Crippen LogP contribution in [0.25, 0.3) is 11.1 Å². The van der Waals surface area contributed by atoms with Gasteiger partial charge in [-0.05, 0) is 85.5 Å². The summed E-state index contributed by atoms with van der Waals surface area (Å²) < 4.78 is 33.6.